The monoisotopic (exact) mass is 900 g/mol. The SMILES string of the molecule is C=C[C@@H]1C[C@]1(NC(=O)[C@@H]1C[C@@H](Oc2cc(-c3ccccc3)nc3cc(OC)ccc23)CN1C(=O)[C@@H](CC(=O)N1CC[C@@H](NC(=O)OC(C)(C)C)C1)C(C)(C)C)C(=O)NS(=O)(=O)C1CC1. The van der Waals surface area contributed by atoms with Gasteiger partial charge in [0.05, 0.1) is 42.1 Å². The summed E-state index contributed by atoms with van der Waals surface area (Å²) in [5.41, 5.74) is -0.952. The van der Waals surface area contributed by atoms with Crippen LogP contribution in [0.2, 0.25) is 0 Å². The van der Waals surface area contributed by atoms with Crippen molar-refractivity contribution < 1.29 is 46.6 Å². The standard InChI is InChI=1S/C47H60N6O10S/c1-9-29-25-47(29,43(57)51-64(59,60)33-16-17-33)50-41(55)38-22-32(62-39-24-36(28-13-11-10-12-14-28)49-37-21-31(61-8)15-18-34(37)39)27-53(38)42(56)35(45(2,3)4)23-40(54)52-20-19-30(26-52)48-44(58)63-46(5,6)7/h9-15,18,21,24,29-30,32-33,35,38H,1,16-17,19-20,22-23,25-27H2,2-8H3,(H,48,58)(H,50,55)(H,51,57)/t29-,30-,32-,35-,38+,47-/m1/s1. The minimum absolute atomic E-state index is 0.0178. The molecule has 344 valence electrons. The Balaban J connectivity index is 1.17. The fraction of sp³-hybridized carbons (Fsp3) is 0.532. The van der Waals surface area contributed by atoms with E-state index >= 15 is 4.79 Å². The van der Waals surface area contributed by atoms with Crippen LogP contribution in [-0.2, 0) is 33.9 Å². The molecule has 4 aliphatic rings. The lowest BCUT2D eigenvalue weighted by Gasteiger charge is -2.35. The number of nitrogens with one attached hydrogen (secondary N) is 3. The molecule has 4 fully saturated rings. The largest absolute Gasteiger partial charge is 0.497 e. The molecule has 6 atom stereocenters. The van der Waals surface area contributed by atoms with Gasteiger partial charge in [-0.1, -0.05) is 57.2 Å². The first-order valence-electron chi connectivity index (χ1n) is 21.9. The second kappa shape index (κ2) is 17.7. The van der Waals surface area contributed by atoms with Gasteiger partial charge in [-0.2, -0.15) is 0 Å². The van der Waals surface area contributed by atoms with E-state index in [-0.39, 0.29) is 44.3 Å². The van der Waals surface area contributed by atoms with E-state index in [1.807, 2.05) is 63.2 Å². The highest BCUT2D eigenvalue weighted by molar-refractivity contribution is 7.91. The Bertz CT molecular complexity index is 2430. The smallest absolute Gasteiger partial charge is 0.407 e. The number of carbonyl (C=O) groups excluding carboxylic acids is 5. The van der Waals surface area contributed by atoms with Crippen LogP contribution >= 0.6 is 0 Å². The topological polar surface area (TPSA) is 203 Å². The quantitative estimate of drug-likeness (QED) is 0.182. The lowest BCUT2D eigenvalue weighted by Crippen LogP contribution is -2.57. The lowest BCUT2D eigenvalue weighted by atomic mass is 9.77. The van der Waals surface area contributed by atoms with Gasteiger partial charge in [-0.25, -0.2) is 18.2 Å². The number of pyridine rings is 1. The van der Waals surface area contributed by atoms with Crippen molar-refractivity contribution in [1.29, 1.82) is 0 Å². The van der Waals surface area contributed by atoms with Gasteiger partial charge >= 0.3 is 6.09 Å². The second-order valence-corrected chi connectivity index (χ2v) is 21.5. The molecule has 0 bridgehead atoms. The maximum atomic E-state index is 15.1. The molecule has 5 amide bonds. The number of hydrogen-bond donors (Lipinski definition) is 3. The number of likely N-dealkylation sites (tertiary alicyclic amines) is 2. The molecule has 0 spiro atoms. The fourth-order valence-electron chi connectivity index (χ4n) is 8.58. The third-order valence-electron chi connectivity index (χ3n) is 12.4. The molecule has 2 aromatic carbocycles. The highest BCUT2D eigenvalue weighted by Crippen LogP contribution is 2.46. The van der Waals surface area contributed by atoms with Crippen molar-refractivity contribution in [3.8, 4) is 22.8 Å². The molecule has 0 unspecified atom stereocenters. The van der Waals surface area contributed by atoms with Crippen molar-refractivity contribution in [2.75, 3.05) is 26.7 Å². The van der Waals surface area contributed by atoms with Gasteiger partial charge in [0.1, 0.15) is 34.8 Å². The van der Waals surface area contributed by atoms with Crippen LogP contribution in [0.15, 0.2) is 67.3 Å². The van der Waals surface area contributed by atoms with E-state index in [1.165, 1.54) is 11.0 Å². The third-order valence-corrected chi connectivity index (χ3v) is 14.2. The third kappa shape index (κ3) is 10.3. The molecule has 1 aromatic heterocycles. The summed E-state index contributed by atoms with van der Waals surface area (Å²) in [6.45, 7) is 15.3. The van der Waals surface area contributed by atoms with E-state index in [0.717, 1.165) is 5.56 Å². The Morgan fingerprint density at radius 2 is 1.70 bits per heavy atom. The van der Waals surface area contributed by atoms with Crippen molar-refractivity contribution in [1.82, 2.24) is 30.1 Å². The van der Waals surface area contributed by atoms with Gasteiger partial charge in [-0.3, -0.25) is 23.9 Å². The Morgan fingerprint density at radius 3 is 2.33 bits per heavy atom. The van der Waals surface area contributed by atoms with Gasteiger partial charge in [0.15, 0.2) is 0 Å². The van der Waals surface area contributed by atoms with Crippen molar-refractivity contribution in [2.45, 2.75) is 115 Å². The number of ether oxygens (including phenoxy) is 3. The number of sulfonamides is 1. The van der Waals surface area contributed by atoms with E-state index in [2.05, 4.69) is 21.9 Å². The Hall–Kier alpha value is -5.71. The molecular weight excluding hydrogens is 841 g/mol. The molecule has 0 radical (unpaired) electrons. The molecule has 2 saturated heterocycles. The van der Waals surface area contributed by atoms with Crippen molar-refractivity contribution in [3.63, 3.8) is 0 Å². The summed E-state index contributed by atoms with van der Waals surface area (Å²) in [5.74, 6) is -2.62. The first kappa shape index (κ1) is 46.3. The average Bonchev–Trinajstić information content (AvgIpc) is 4.12. The molecule has 16 nitrogen and oxygen atoms in total. The zero-order chi connectivity index (χ0) is 46.4. The highest BCUT2D eigenvalue weighted by atomic mass is 32.2. The van der Waals surface area contributed by atoms with Gasteiger partial charge in [0, 0.05) is 54.9 Å². The van der Waals surface area contributed by atoms with Crippen LogP contribution in [0.4, 0.5) is 4.79 Å². The number of carbonyl (C=O) groups is 5. The molecule has 2 saturated carbocycles. The highest BCUT2D eigenvalue weighted by Gasteiger charge is 2.62. The lowest BCUT2D eigenvalue weighted by molar-refractivity contribution is -0.148. The normalized spacial score (nSPS) is 23.8. The first-order valence-corrected chi connectivity index (χ1v) is 23.4. The molecule has 2 aliphatic heterocycles. The number of hydrogen-bond acceptors (Lipinski definition) is 11. The van der Waals surface area contributed by atoms with Gasteiger partial charge < -0.3 is 34.6 Å². The maximum absolute atomic E-state index is 15.1. The van der Waals surface area contributed by atoms with Crippen LogP contribution in [0.3, 0.4) is 0 Å². The van der Waals surface area contributed by atoms with Crippen molar-refractivity contribution in [2.24, 2.45) is 17.3 Å². The van der Waals surface area contributed by atoms with Crippen LogP contribution in [0.1, 0.15) is 80.1 Å². The van der Waals surface area contributed by atoms with E-state index in [1.54, 1.807) is 44.9 Å². The van der Waals surface area contributed by atoms with E-state index in [4.69, 9.17) is 19.2 Å². The molecule has 2 aliphatic carbocycles. The summed E-state index contributed by atoms with van der Waals surface area (Å²) in [6, 6.07) is 15.3. The van der Waals surface area contributed by atoms with Crippen molar-refractivity contribution in [3.05, 3.63) is 67.3 Å². The summed E-state index contributed by atoms with van der Waals surface area (Å²) >= 11 is 0. The second-order valence-electron chi connectivity index (χ2n) is 19.5. The van der Waals surface area contributed by atoms with E-state index in [0.29, 0.717) is 53.9 Å². The minimum atomic E-state index is -3.94. The van der Waals surface area contributed by atoms with Gasteiger partial charge in [-0.15, -0.1) is 6.58 Å². The summed E-state index contributed by atoms with van der Waals surface area (Å²) < 4.78 is 45.6. The van der Waals surface area contributed by atoms with E-state index < -0.39 is 79.6 Å². The van der Waals surface area contributed by atoms with Crippen LogP contribution < -0.4 is 24.8 Å². The molecule has 64 heavy (non-hydrogen) atoms. The zero-order valence-electron chi connectivity index (χ0n) is 37.6. The van der Waals surface area contributed by atoms with Gasteiger partial charge in [0.25, 0.3) is 5.91 Å². The van der Waals surface area contributed by atoms with Crippen LogP contribution in [-0.4, -0.2) is 114 Å². The Kier molecular flexibility index (Phi) is 12.8. The number of amides is 5. The predicted octanol–water partition coefficient (Wildman–Crippen LogP) is 5.11. The molecule has 3 heterocycles. The summed E-state index contributed by atoms with van der Waals surface area (Å²) in [4.78, 5) is 77.9. The number of nitrogens with zero attached hydrogens (tertiary/aromatic N) is 3. The molecular formula is C47H60N6O10S. The van der Waals surface area contributed by atoms with Gasteiger partial charge in [-0.05, 0) is 64.0 Å². The Morgan fingerprint density at radius 1 is 0.984 bits per heavy atom. The number of fused-ring (bicyclic) bond motifs is 1. The molecule has 3 N–H and O–H groups in total. The summed E-state index contributed by atoms with van der Waals surface area (Å²) in [7, 11) is -2.37. The number of aromatic nitrogens is 1. The van der Waals surface area contributed by atoms with Crippen molar-refractivity contribution >= 4 is 50.6 Å². The van der Waals surface area contributed by atoms with Crippen LogP contribution in [0.25, 0.3) is 22.2 Å². The number of methoxy groups -OCH3 is 1. The predicted molar refractivity (Wildman–Crippen MR) is 239 cm³/mol. The molecule has 7 rings (SSSR count). The van der Waals surface area contributed by atoms with Crippen LogP contribution in [0, 0.1) is 17.3 Å². The average molecular weight is 901 g/mol. The van der Waals surface area contributed by atoms with E-state index in [9.17, 15) is 27.6 Å². The number of alkyl carbamates (subject to hydrolysis) is 1. The minimum Gasteiger partial charge on any atom is -0.497 e. The first-order chi connectivity index (χ1) is 30.1. The van der Waals surface area contributed by atoms with Gasteiger partial charge in [0.2, 0.25) is 27.7 Å². The number of rotatable bonds is 14. The zero-order valence-corrected chi connectivity index (χ0v) is 38.5. The fourth-order valence-corrected chi connectivity index (χ4v) is 9.94. The molecule has 17 heteroatoms. The van der Waals surface area contributed by atoms with Crippen LogP contribution in [0.5, 0.6) is 11.5 Å². The Labute approximate surface area is 374 Å². The summed E-state index contributed by atoms with van der Waals surface area (Å²) in [6.07, 6.45) is 1.57. The maximum Gasteiger partial charge on any atom is 0.407 e. The molecule has 3 aromatic rings. The number of benzene rings is 2. The summed E-state index contributed by atoms with van der Waals surface area (Å²) in [5, 5.41) is 5.70.